The van der Waals surface area contributed by atoms with Crippen molar-refractivity contribution in [2.45, 2.75) is 40.5 Å². The molecule has 192 valence electrons. The molecule has 0 N–H and O–H groups in total. The predicted molar refractivity (Wildman–Crippen MR) is 153 cm³/mol. The molecule has 0 amide bonds. The van der Waals surface area contributed by atoms with Crippen LogP contribution in [0.1, 0.15) is 44.7 Å². The monoisotopic (exact) mass is 611 g/mol. The molecule has 1 aliphatic heterocycles. The molecule has 8 heteroatoms. The van der Waals surface area contributed by atoms with Crippen LogP contribution < -0.4 is 4.74 Å². The van der Waals surface area contributed by atoms with E-state index in [1.165, 1.54) is 12.8 Å². The summed E-state index contributed by atoms with van der Waals surface area (Å²) in [7, 11) is 1.65. The first-order valence-corrected chi connectivity index (χ1v) is 13.8. The summed E-state index contributed by atoms with van der Waals surface area (Å²) in [4.78, 5) is 4.41. The Morgan fingerprint density at radius 2 is 1.56 bits per heavy atom. The molecule has 0 bridgehead atoms. The molecule has 0 saturated carbocycles. The second-order valence-corrected chi connectivity index (χ2v) is 8.82. The largest absolute Gasteiger partial charge is 2.00 e. The number of hydrogen-bond acceptors (Lipinski definition) is 6. The molecule has 0 spiro atoms. The standard InChI is InChI=1S/C15H14ClNO.C5H11N2S2.C4H10.C2H5.Ru/c1-11-3-4-13(16)9-12(11)10-17-14-5-7-15(18-2)8-6-14;1-8-6-3-4-7(5-6)9-2;1-3-4-2;1-2;/h3-10H,1-2H3;5H,3-4H2,1-2H3;3-4H2,1-2H3;1H2,2H3;/q;-1;;-1;+2. The molecule has 1 saturated heterocycles. The van der Waals surface area contributed by atoms with E-state index in [1.54, 1.807) is 37.9 Å². The number of aryl methyl sites for hydroxylation is 1. The zero-order chi connectivity index (χ0) is 25.1. The van der Waals surface area contributed by atoms with Crippen LogP contribution >= 0.6 is 35.5 Å². The van der Waals surface area contributed by atoms with Gasteiger partial charge in [0, 0.05) is 11.2 Å². The Morgan fingerprint density at radius 1 is 1.03 bits per heavy atom. The van der Waals surface area contributed by atoms with Gasteiger partial charge in [0.1, 0.15) is 5.75 Å². The molecule has 1 fully saturated rings. The minimum Gasteiger partial charge on any atom is -0.497 e. The van der Waals surface area contributed by atoms with E-state index in [1.807, 2.05) is 55.6 Å². The third kappa shape index (κ3) is 15.4. The third-order valence-corrected chi connectivity index (χ3v) is 6.16. The van der Waals surface area contributed by atoms with E-state index < -0.39 is 0 Å². The van der Waals surface area contributed by atoms with Crippen LogP contribution in [0.4, 0.5) is 5.69 Å². The summed E-state index contributed by atoms with van der Waals surface area (Å²) in [5.41, 5.74) is 3.06. The van der Waals surface area contributed by atoms with Crippen molar-refractivity contribution >= 4 is 47.4 Å². The summed E-state index contributed by atoms with van der Waals surface area (Å²) in [5, 5.41) is 0.719. The van der Waals surface area contributed by atoms with Crippen molar-refractivity contribution in [1.82, 2.24) is 8.61 Å². The third-order valence-electron chi connectivity index (χ3n) is 4.43. The average Bonchev–Trinajstić information content (AvgIpc) is 3.35. The quantitative estimate of drug-likeness (QED) is 0.142. The topological polar surface area (TPSA) is 28.1 Å². The van der Waals surface area contributed by atoms with Gasteiger partial charge in [0.2, 0.25) is 0 Å². The van der Waals surface area contributed by atoms with E-state index in [0.717, 1.165) is 40.7 Å². The van der Waals surface area contributed by atoms with E-state index >= 15 is 0 Å². The summed E-state index contributed by atoms with van der Waals surface area (Å²) in [6, 6.07) is 13.4. The van der Waals surface area contributed by atoms with Crippen LogP contribution in [0.5, 0.6) is 5.75 Å². The van der Waals surface area contributed by atoms with Gasteiger partial charge in [0.25, 0.3) is 0 Å². The molecule has 0 unspecified atom stereocenters. The zero-order valence-electron chi connectivity index (χ0n) is 21.5. The van der Waals surface area contributed by atoms with E-state index in [4.69, 9.17) is 16.3 Å². The molecule has 4 nitrogen and oxygen atoms in total. The number of nitrogens with zero attached hydrogens (tertiary/aromatic N) is 3. The van der Waals surface area contributed by atoms with E-state index in [2.05, 4.69) is 53.6 Å². The Labute approximate surface area is 235 Å². The smallest absolute Gasteiger partial charge is 0.497 e. The Hall–Kier alpha value is -0.557. The first-order valence-electron chi connectivity index (χ1n) is 11.1. The van der Waals surface area contributed by atoms with Crippen molar-refractivity contribution < 1.29 is 24.2 Å². The molecule has 1 heterocycles. The van der Waals surface area contributed by atoms with E-state index in [9.17, 15) is 0 Å². The van der Waals surface area contributed by atoms with Crippen LogP contribution in [-0.4, -0.2) is 47.5 Å². The van der Waals surface area contributed by atoms with Gasteiger partial charge in [-0.3, -0.25) is 4.99 Å². The first-order chi connectivity index (χ1) is 16.0. The average molecular weight is 611 g/mol. The fraction of sp³-hybridized carbons (Fsp3) is 0.423. The number of hydrogen-bond donors (Lipinski definition) is 0. The predicted octanol–water partition coefficient (Wildman–Crippen LogP) is 8.33. The molecule has 0 radical (unpaired) electrons. The zero-order valence-corrected chi connectivity index (χ0v) is 25.7. The maximum atomic E-state index is 5.96. The summed E-state index contributed by atoms with van der Waals surface area (Å²) in [6.07, 6.45) is 8.66. The summed E-state index contributed by atoms with van der Waals surface area (Å²) in [6.45, 7) is 15.9. The summed E-state index contributed by atoms with van der Waals surface area (Å²) >= 11 is 9.51. The number of rotatable bonds is 6. The van der Waals surface area contributed by atoms with Gasteiger partial charge in [-0.2, -0.15) is 13.6 Å². The number of methoxy groups -OCH3 is 1. The van der Waals surface area contributed by atoms with Crippen molar-refractivity contribution in [3.8, 4) is 5.75 Å². The fourth-order valence-corrected chi connectivity index (χ4v) is 3.48. The van der Waals surface area contributed by atoms with Gasteiger partial charge >= 0.3 is 19.5 Å². The molecule has 1 aliphatic rings. The molecular weight excluding hydrogens is 571 g/mol. The van der Waals surface area contributed by atoms with Crippen molar-refractivity contribution in [1.29, 1.82) is 0 Å². The van der Waals surface area contributed by atoms with Gasteiger partial charge < -0.3 is 20.3 Å². The van der Waals surface area contributed by atoms with Gasteiger partial charge in [0.05, 0.1) is 12.8 Å². The molecule has 34 heavy (non-hydrogen) atoms. The van der Waals surface area contributed by atoms with Crippen LogP contribution in [0.25, 0.3) is 0 Å². The number of benzene rings is 2. The maximum Gasteiger partial charge on any atom is 2.00 e. The van der Waals surface area contributed by atoms with Crippen LogP contribution in [0, 0.1) is 20.5 Å². The Balaban J connectivity index is 0. The van der Waals surface area contributed by atoms with Crippen molar-refractivity contribution in [2.75, 3.05) is 32.7 Å². The SMILES string of the molecule is CCCC.COc1ccc(N=Cc2cc(Cl)ccc2C)cc1.CSN1[CH-]N(SC)CC1.[CH2-]C.[Ru+2]. The summed E-state index contributed by atoms with van der Waals surface area (Å²) < 4.78 is 9.56. The van der Waals surface area contributed by atoms with Crippen LogP contribution in [0.15, 0.2) is 47.5 Å². The minimum absolute atomic E-state index is 0. The van der Waals surface area contributed by atoms with Crippen molar-refractivity contribution in [2.24, 2.45) is 4.99 Å². The van der Waals surface area contributed by atoms with Gasteiger partial charge in [-0.1, -0.05) is 44.4 Å². The second kappa shape index (κ2) is 22.9. The maximum absolute atomic E-state index is 5.96. The Kier molecular flexibility index (Phi) is 24.0. The van der Waals surface area contributed by atoms with Crippen LogP contribution in [0.2, 0.25) is 5.02 Å². The van der Waals surface area contributed by atoms with E-state index in [-0.39, 0.29) is 19.5 Å². The molecule has 0 aromatic heterocycles. The van der Waals surface area contributed by atoms with Gasteiger partial charge in [-0.25, -0.2) is 0 Å². The van der Waals surface area contributed by atoms with Crippen LogP contribution in [0.3, 0.4) is 0 Å². The molecule has 2 aromatic carbocycles. The fourth-order valence-electron chi connectivity index (χ4n) is 2.30. The first kappa shape index (κ1) is 35.6. The molecule has 0 aliphatic carbocycles. The van der Waals surface area contributed by atoms with Crippen molar-refractivity contribution in [3.05, 3.63) is 72.2 Å². The van der Waals surface area contributed by atoms with E-state index in [0.29, 0.717) is 0 Å². The van der Waals surface area contributed by atoms with Gasteiger partial charge in [0.15, 0.2) is 0 Å². The molecule has 3 rings (SSSR count). The van der Waals surface area contributed by atoms with Gasteiger partial charge in [-0.15, -0.1) is 23.9 Å². The molecule has 0 atom stereocenters. The van der Waals surface area contributed by atoms with Crippen molar-refractivity contribution in [3.63, 3.8) is 0 Å². The minimum atomic E-state index is 0. The molecular formula is C26H40ClN3ORuS2. The summed E-state index contributed by atoms with van der Waals surface area (Å²) in [5.74, 6) is 0.827. The number of ether oxygens (including phenoxy) is 1. The number of aliphatic imine (C=N–C) groups is 1. The number of halogens is 1. The Bertz CT molecular complexity index is 767. The van der Waals surface area contributed by atoms with Gasteiger partial charge in [-0.05, 0) is 80.0 Å². The molecule has 2 aromatic rings. The second-order valence-electron chi connectivity index (χ2n) is 6.72. The normalized spacial score (nSPS) is 13.0. The Morgan fingerprint density at radius 3 is 1.97 bits per heavy atom. The van der Waals surface area contributed by atoms with Crippen LogP contribution in [-0.2, 0) is 19.5 Å². The number of unbranched alkanes of at least 4 members (excludes halogenated alkanes) is 1.